The van der Waals surface area contributed by atoms with Crippen molar-refractivity contribution in [2.45, 2.75) is 6.42 Å². The van der Waals surface area contributed by atoms with Crippen LogP contribution in [0.1, 0.15) is 5.56 Å². The van der Waals surface area contributed by atoms with Crippen LogP contribution >= 0.6 is 0 Å². The Hall–Kier alpha value is -3.48. The number of carbonyl (C=O) groups excluding carboxylic acids is 1. The maximum absolute atomic E-state index is 12.3. The molecule has 0 aliphatic rings. The van der Waals surface area contributed by atoms with Gasteiger partial charge in [-0.2, -0.15) is 0 Å². The number of aromatic nitrogens is 1. The van der Waals surface area contributed by atoms with E-state index in [-0.39, 0.29) is 11.6 Å². The quantitative estimate of drug-likeness (QED) is 0.688. The molecule has 0 saturated carbocycles. The molecular weight excluding hydrogens is 358 g/mol. The maximum atomic E-state index is 12.3. The number of ether oxygens (including phenoxy) is 2. The van der Waals surface area contributed by atoms with Crippen molar-refractivity contribution in [3.05, 3.63) is 64.6 Å². The third-order valence-electron chi connectivity index (χ3n) is 4.51. The molecule has 7 nitrogen and oxygen atoms in total. The molecule has 0 unspecified atom stereocenters. The third kappa shape index (κ3) is 4.09. The average Bonchev–Trinajstić information content (AvgIpc) is 2.72. The van der Waals surface area contributed by atoms with Crippen LogP contribution in [0.2, 0.25) is 0 Å². The van der Waals surface area contributed by atoms with E-state index in [1.807, 2.05) is 30.3 Å². The first-order chi connectivity index (χ1) is 13.5. The van der Waals surface area contributed by atoms with Gasteiger partial charge < -0.3 is 24.7 Å². The van der Waals surface area contributed by atoms with E-state index in [2.05, 4.69) is 10.6 Å². The Balaban J connectivity index is 1.67. The number of amides is 2. The molecule has 0 fully saturated rings. The number of methoxy groups -OCH3 is 2. The number of hydrogen-bond donors (Lipinski definition) is 2. The highest BCUT2D eigenvalue weighted by Gasteiger charge is 2.10. The summed E-state index contributed by atoms with van der Waals surface area (Å²) in [6.07, 6.45) is 2.23. The highest BCUT2D eigenvalue weighted by Crippen LogP contribution is 2.24. The van der Waals surface area contributed by atoms with E-state index in [1.165, 1.54) is 4.57 Å². The molecule has 0 bridgehead atoms. The molecule has 2 N–H and O–H groups in total. The van der Waals surface area contributed by atoms with E-state index in [0.29, 0.717) is 40.9 Å². The number of nitrogens with one attached hydrogen (secondary N) is 2. The first-order valence-corrected chi connectivity index (χ1v) is 8.87. The summed E-state index contributed by atoms with van der Waals surface area (Å²) < 4.78 is 12.0. The van der Waals surface area contributed by atoms with E-state index < -0.39 is 0 Å². The Morgan fingerprint density at radius 3 is 2.54 bits per heavy atom. The second-order valence-corrected chi connectivity index (χ2v) is 6.31. The van der Waals surface area contributed by atoms with Gasteiger partial charge in [0.15, 0.2) is 0 Å². The van der Waals surface area contributed by atoms with Crippen LogP contribution in [-0.4, -0.2) is 31.4 Å². The van der Waals surface area contributed by atoms with Crippen LogP contribution in [0.15, 0.2) is 53.5 Å². The lowest BCUT2D eigenvalue weighted by molar-refractivity contribution is 0.252. The van der Waals surface area contributed by atoms with Crippen molar-refractivity contribution in [3.63, 3.8) is 0 Å². The second-order valence-electron chi connectivity index (χ2n) is 6.31. The van der Waals surface area contributed by atoms with Gasteiger partial charge in [-0.25, -0.2) is 4.79 Å². The number of aryl methyl sites for hydroxylation is 1. The highest BCUT2D eigenvalue weighted by molar-refractivity contribution is 6.00. The smallest absolute Gasteiger partial charge is 0.319 e. The van der Waals surface area contributed by atoms with Crippen molar-refractivity contribution < 1.29 is 14.3 Å². The van der Waals surface area contributed by atoms with Crippen molar-refractivity contribution in [2.75, 3.05) is 26.1 Å². The molecule has 1 aromatic heterocycles. The number of anilines is 1. The van der Waals surface area contributed by atoms with E-state index in [0.717, 1.165) is 5.56 Å². The summed E-state index contributed by atoms with van der Waals surface area (Å²) in [6, 6.07) is 12.4. The van der Waals surface area contributed by atoms with E-state index in [4.69, 9.17) is 9.47 Å². The van der Waals surface area contributed by atoms with Gasteiger partial charge in [-0.1, -0.05) is 24.3 Å². The molecule has 2 aromatic carbocycles. The zero-order valence-electron chi connectivity index (χ0n) is 16.1. The minimum atomic E-state index is -0.337. The molecule has 0 atom stereocenters. The maximum Gasteiger partial charge on any atom is 0.319 e. The summed E-state index contributed by atoms with van der Waals surface area (Å²) in [7, 11) is 4.86. The molecule has 0 aliphatic carbocycles. The second kappa shape index (κ2) is 8.47. The number of carbonyl (C=O) groups is 1. The fourth-order valence-electron chi connectivity index (χ4n) is 3.05. The van der Waals surface area contributed by atoms with Crippen LogP contribution in [-0.2, 0) is 13.5 Å². The van der Waals surface area contributed by atoms with E-state index in [1.54, 1.807) is 39.6 Å². The van der Waals surface area contributed by atoms with Crippen molar-refractivity contribution in [1.82, 2.24) is 9.88 Å². The largest absolute Gasteiger partial charge is 0.497 e. The number of rotatable bonds is 6. The van der Waals surface area contributed by atoms with Gasteiger partial charge in [0.25, 0.3) is 5.56 Å². The Morgan fingerprint density at radius 1 is 1.07 bits per heavy atom. The molecule has 2 amide bonds. The molecule has 0 saturated heterocycles. The first kappa shape index (κ1) is 19.3. The number of benzene rings is 2. The van der Waals surface area contributed by atoms with Crippen LogP contribution in [0.5, 0.6) is 11.5 Å². The third-order valence-corrected chi connectivity index (χ3v) is 4.51. The van der Waals surface area contributed by atoms with Gasteiger partial charge in [0.1, 0.15) is 11.5 Å². The van der Waals surface area contributed by atoms with Crippen molar-refractivity contribution in [2.24, 2.45) is 7.05 Å². The Morgan fingerprint density at radius 2 is 1.82 bits per heavy atom. The summed E-state index contributed by atoms with van der Waals surface area (Å²) in [5, 5.41) is 6.93. The lowest BCUT2D eigenvalue weighted by atomic mass is 10.1. The molecular formula is C21H23N3O4. The number of fused-ring (bicyclic) bond motifs is 1. The summed E-state index contributed by atoms with van der Waals surface area (Å²) in [4.78, 5) is 24.6. The minimum absolute atomic E-state index is 0.104. The van der Waals surface area contributed by atoms with Crippen LogP contribution in [0.4, 0.5) is 10.5 Å². The summed E-state index contributed by atoms with van der Waals surface area (Å²) in [5.41, 5.74) is 1.45. The lowest BCUT2D eigenvalue weighted by Crippen LogP contribution is -2.31. The number of hydrogen-bond acceptors (Lipinski definition) is 4. The van der Waals surface area contributed by atoms with Gasteiger partial charge in [0.05, 0.1) is 19.9 Å². The predicted molar refractivity (Wildman–Crippen MR) is 109 cm³/mol. The summed E-state index contributed by atoms with van der Waals surface area (Å²) in [5.74, 6) is 1.43. The van der Waals surface area contributed by atoms with E-state index >= 15 is 0 Å². The van der Waals surface area contributed by atoms with Crippen LogP contribution < -0.4 is 25.7 Å². The van der Waals surface area contributed by atoms with Crippen LogP contribution in [0, 0.1) is 0 Å². The minimum Gasteiger partial charge on any atom is -0.497 e. The van der Waals surface area contributed by atoms with Gasteiger partial charge in [-0.3, -0.25) is 4.79 Å². The average molecular weight is 381 g/mol. The Bertz CT molecular complexity index is 1060. The SMILES string of the molecule is COc1ccc(CCNC(=O)Nc2cn(C)c(=O)c3ccccc23)c(OC)c1. The molecule has 0 spiro atoms. The molecule has 146 valence electrons. The fraction of sp³-hybridized carbons (Fsp3) is 0.238. The summed E-state index contributed by atoms with van der Waals surface area (Å²) in [6.45, 7) is 0.429. The molecule has 7 heteroatoms. The van der Waals surface area contributed by atoms with E-state index in [9.17, 15) is 9.59 Å². The lowest BCUT2D eigenvalue weighted by Gasteiger charge is -2.13. The molecule has 3 rings (SSSR count). The van der Waals surface area contributed by atoms with Crippen molar-refractivity contribution in [1.29, 1.82) is 0 Å². The molecule has 3 aromatic rings. The topological polar surface area (TPSA) is 81.6 Å². The van der Waals surface area contributed by atoms with Crippen molar-refractivity contribution in [3.8, 4) is 11.5 Å². The number of urea groups is 1. The Labute approximate surface area is 162 Å². The highest BCUT2D eigenvalue weighted by atomic mass is 16.5. The van der Waals surface area contributed by atoms with Crippen molar-refractivity contribution >= 4 is 22.5 Å². The predicted octanol–water partition coefficient (Wildman–Crippen LogP) is 2.92. The van der Waals surface area contributed by atoms with Gasteiger partial charge in [0.2, 0.25) is 0 Å². The molecule has 0 radical (unpaired) electrons. The van der Waals surface area contributed by atoms with Gasteiger partial charge in [-0.15, -0.1) is 0 Å². The fourth-order valence-corrected chi connectivity index (χ4v) is 3.05. The van der Waals surface area contributed by atoms with Gasteiger partial charge >= 0.3 is 6.03 Å². The summed E-state index contributed by atoms with van der Waals surface area (Å²) >= 11 is 0. The standard InChI is InChI=1S/C21H23N3O4/c1-24-13-18(16-6-4-5-7-17(16)20(24)25)23-21(26)22-11-10-14-8-9-15(27-2)12-19(14)28-3/h4-9,12-13H,10-11H2,1-3H3,(H2,22,23,26). The molecule has 1 heterocycles. The first-order valence-electron chi connectivity index (χ1n) is 8.87. The van der Waals surface area contributed by atoms with Gasteiger partial charge in [-0.05, 0) is 24.1 Å². The van der Waals surface area contributed by atoms with Crippen LogP contribution in [0.3, 0.4) is 0 Å². The number of pyridine rings is 1. The normalized spacial score (nSPS) is 10.5. The Kier molecular flexibility index (Phi) is 5.84. The zero-order valence-corrected chi connectivity index (χ0v) is 16.1. The monoisotopic (exact) mass is 381 g/mol. The molecule has 28 heavy (non-hydrogen) atoms. The number of nitrogens with zero attached hydrogens (tertiary/aromatic N) is 1. The van der Waals surface area contributed by atoms with Crippen LogP contribution in [0.25, 0.3) is 10.8 Å². The van der Waals surface area contributed by atoms with Gasteiger partial charge in [0, 0.05) is 36.6 Å². The zero-order chi connectivity index (χ0) is 20.1. The molecule has 0 aliphatic heterocycles.